The third kappa shape index (κ3) is 3.07. The zero-order valence-electron chi connectivity index (χ0n) is 17.1. The summed E-state index contributed by atoms with van der Waals surface area (Å²) in [6.07, 6.45) is 0. The van der Waals surface area contributed by atoms with Gasteiger partial charge in [0, 0.05) is 14.0 Å². The number of hydrogen-bond donors (Lipinski definition) is 0. The van der Waals surface area contributed by atoms with Crippen molar-refractivity contribution in [2.75, 3.05) is 0 Å². The van der Waals surface area contributed by atoms with Gasteiger partial charge in [0.2, 0.25) is 0 Å². The van der Waals surface area contributed by atoms with Crippen LogP contribution in [0.25, 0.3) is 5.57 Å². The molecule has 2 aromatic carbocycles. The largest absolute Gasteiger partial charge is 0.0736 e. The number of rotatable bonds is 5. The van der Waals surface area contributed by atoms with Crippen LogP contribution in [0.15, 0.2) is 65.9 Å². The SMILES string of the molecule is C[Si](C)(C)C1=C(c2ccccc2)C1C1C(c2ccccc2)C1[Si](C)(C)C. The molecular weight excluding hydrogens is 344 g/mol. The van der Waals surface area contributed by atoms with Crippen LogP contribution < -0.4 is 0 Å². The molecule has 0 bridgehead atoms. The fourth-order valence-corrected chi connectivity index (χ4v) is 10.7. The molecule has 0 heterocycles. The second-order valence-electron chi connectivity index (χ2n) is 10.3. The fraction of sp³-hybridized carbons (Fsp3) is 0.417. The number of allylic oxidation sites excluding steroid dienone is 2. The number of hydrogen-bond acceptors (Lipinski definition) is 0. The average Bonchev–Trinajstić information content (AvgIpc) is 3.45. The van der Waals surface area contributed by atoms with Gasteiger partial charge in [0.05, 0.1) is 8.07 Å². The van der Waals surface area contributed by atoms with Crippen molar-refractivity contribution < 1.29 is 0 Å². The van der Waals surface area contributed by atoms with Crippen molar-refractivity contribution in [2.24, 2.45) is 11.8 Å². The van der Waals surface area contributed by atoms with Gasteiger partial charge in [0.1, 0.15) is 0 Å². The van der Waals surface area contributed by atoms with Crippen molar-refractivity contribution in [3.63, 3.8) is 0 Å². The molecule has 1 saturated carbocycles. The van der Waals surface area contributed by atoms with E-state index in [1.165, 1.54) is 5.56 Å². The lowest BCUT2D eigenvalue weighted by molar-refractivity contribution is 0.737. The first-order valence-electron chi connectivity index (χ1n) is 10.1. The molecule has 0 N–H and O–H groups in total. The van der Waals surface area contributed by atoms with E-state index in [0.717, 1.165) is 23.3 Å². The Hall–Kier alpha value is -1.39. The van der Waals surface area contributed by atoms with Gasteiger partial charge in [-0.2, -0.15) is 0 Å². The predicted octanol–water partition coefficient (Wildman–Crippen LogP) is 7.07. The van der Waals surface area contributed by atoms with Gasteiger partial charge >= 0.3 is 0 Å². The summed E-state index contributed by atoms with van der Waals surface area (Å²) in [5.41, 5.74) is 5.71. The highest BCUT2D eigenvalue weighted by atomic mass is 28.3. The highest BCUT2D eigenvalue weighted by Crippen LogP contribution is 2.74. The summed E-state index contributed by atoms with van der Waals surface area (Å²) in [5, 5.41) is 1.86. The molecule has 2 aliphatic carbocycles. The molecule has 0 aliphatic heterocycles. The van der Waals surface area contributed by atoms with Crippen molar-refractivity contribution in [3.8, 4) is 0 Å². The summed E-state index contributed by atoms with van der Waals surface area (Å²) in [6.45, 7) is 15.3. The van der Waals surface area contributed by atoms with Crippen LogP contribution >= 0.6 is 0 Å². The van der Waals surface area contributed by atoms with Crippen molar-refractivity contribution in [2.45, 2.75) is 50.7 Å². The molecule has 0 radical (unpaired) electrons. The smallest absolute Gasteiger partial charge is 0.0693 e. The summed E-state index contributed by atoms with van der Waals surface area (Å²) in [7, 11) is -2.47. The van der Waals surface area contributed by atoms with Crippen LogP contribution in [0.4, 0.5) is 0 Å². The van der Waals surface area contributed by atoms with Crippen LogP contribution in [-0.4, -0.2) is 16.1 Å². The van der Waals surface area contributed by atoms with Gasteiger partial charge in [-0.25, -0.2) is 0 Å². The lowest BCUT2D eigenvalue weighted by Crippen LogP contribution is -2.23. The van der Waals surface area contributed by atoms with Crippen LogP contribution in [-0.2, 0) is 0 Å². The maximum Gasteiger partial charge on any atom is 0.0736 e. The highest BCUT2D eigenvalue weighted by molar-refractivity contribution is 6.86. The lowest BCUT2D eigenvalue weighted by Gasteiger charge is -2.18. The Labute approximate surface area is 161 Å². The number of benzene rings is 2. The molecule has 2 aliphatic rings. The topological polar surface area (TPSA) is 0 Å². The highest BCUT2D eigenvalue weighted by Gasteiger charge is 2.65. The van der Waals surface area contributed by atoms with Gasteiger partial charge in [0.15, 0.2) is 0 Å². The minimum Gasteiger partial charge on any atom is -0.0693 e. The van der Waals surface area contributed by atoms with E-state index >= 15 is 0 Å². The molecule has 4 atom stereocenters. The van der Waals surface area contributed by atoms with Crippen LogP contribution in [0.1, 0.15) is 17.0 Å². The molecule has 0 aromatic heterocycles. The quantitative estimate of drug-likeness (QED) is 0.489. The van der Waals surface area contributed by atoms with Gasteiger partial charge in [0.25, 0.3) is 0 Å². The molecular formula is C24H32Si2. The third-order valence-corrected chi connectivity index (χ3v) is 11.3. The van der Waals surface area contributed by atoms with Crippen molar-refractivity contribution >= 4 is 21.7 Å². The molecule has 0 amide bonds. The summed E-state index contributed by atoms with van der Waals surface area (Å²) < 4.78 is 0. The van der Waals surface area contributed by atoms with E-state index < -0.39 is 16.1 Å². The first-order valence-corrected chi connectivity index (χ1v) is 17.1. The predicted molar refractivity (Wildman–Crippen MR) is 120 cm³/mol. The summed E-state index contributed by atoms with van der Waals surface area (Å²) >= 11 is 0. The maximum absolute atomic E-state index is 2.58. The van der Waals surface area contributed by atoms with E-state index in [0.29, 0.717) is 0 Å². The molecule has 2 heteroatoms. The van der Waals surface area contributed by atoms with Gasteiger partial charge in [-0.05, 0) is 34.1 Å². The Bertz CT molecular complexity index is 822. The van der Waals surface area contributed by atoms with Crippen LogP contribution in [0.5, 0.6) is 0 Å². The van der Waals surface area contributed by atoms with Crippen molar-refractivity contribution in [1.29, 1.82) is 0 Å². The summed E-state index contributed by atoms with van der Waals surface area (Å²) in [6, 6.07) is 22.6. The molecule has 136 valence electrons. The fourth-order valence-electron chi connectivity index (χ4n) is 5.42. The zero-order chi connectivity index (χ0) is 18.7. The standard InChI is InChI=1S/C24H32Si2/c1-25(2,3)23-19(17-13-9-7-10-14-17)21(23)22-20(24(22)26(4,5)6)18-15-11-8-12-16-18/h7-16,19,21-23H,1-6H3. The van der Waals surface area contributed by atoms with E-state index in [-0.39, 0.29) is 0 Å². The monoisotopic (exact) mass is 376 g/mol. The molecule has 2 aromatic rings. The van der Waals surface area contributed by atoms with E-state index in [1.54, 1.807) is 11.1 Å². The van der Waals surface area contributed by atoms with Gasteiger partial charge in [-0.15, -0.1) is 0 Å². The Morgan fingerprint density at radius 3 is 1.73 bits per heavy atom. The molecule has 0 spiro atoms. The minimum atomic E-state index is -1.28. The normalized spacial score (nSPS) is 28.2. The Morgan fingerprint density at radius 2 is 1.23 bits per heavy atom. The molecule has 4 unspecified atom stereocenters. The van der Waals surface area contributed by atoms with Gasteiger partial charge in [-0.1, -0.05) is 105 Å². The molecule has 0 nitrogen and oxygen atoms in total. The van der Waals surface area contributed by atoms with Crippen LogP contribution in [0, 0.1) is 11.8 Å². The zero-order valence-corrected chi connectivity index (χ0v) is 19.1. The summed E-state index contributed by atoms with van der Waals surface area (Å²) in [4.78, 5) is 0. The third-order valence-electron chi connectivity index (χ3n) is 6.37. The van der Waals surface area contributed by atoms with Gasteiger partial charge in [-0.3, -0.25) is 0 Å². The van der Waals surface area contributed by atoms with E-state index in [1.807, 2.05) is 5.20 Å². The minimum absolute atomic E-state index is 0.756. The van der Waals surface area contributed by atoms with Crippen molar-refractivity contribution in [3.05, 3.63) is 77.0 Å². The molecule has 4 rings (SSSR count). The van der Waals surface area contributed by atoms with Crippen LogP contribution in [0.2, 0.25) is 44.8 Å². The Balaban J connectivity index is 1.70. The lowest BCUT2D eigenvalue weighted by atomic mass is 10.0. The van der Waals surface area contributed by atoms with Crippen molar-refractivity contribution in [1.82, 2.24) is 0 Å². The van der Waals surface area contributed by atoms with E-state index in [4.69, 9.17) is 0 Å². The van der Waals surface area contributed by atoms with Gasteiger partial charge < -0.3 is 0 Å². The molecule has 26 heavy (non-hydrogen) atoms. The Morgan fingerprint density at radius 1 is 0.692 bits per heavy atom. The average molecular weight is 377 g/mol. The van der Waals surface area contributed by atoms with Crippen LogP contribution in [0.3, 0.4) is 0 Å². The second kappa shape index (κ2) is 6.07. The first kappa shape index (κ1) is 18.0. The first-order chi connectivity index (χ1) is 12.2. The van der Waals surface area contributed by atoms with E-state index in [2.05, 4.69) is 99.9 Å². The maximum atomic E-state index is 2.58. The summed E-state index contributed by atoms with van der Waals surface area (Å²) in [5.74, 6) is 2.38. The molecule has 0 saturated heterocycles. The van der Waals surface area contributed by atoms with E-state index in [9.17, 15) is 0 Å². The Kier molecular flexibility index (Phi) is 4.20. The second-order valence-corrected chi connectivity index (χ2v) is 20.8. The molecule has 1 fully saturated rings.